The first-order chi connectivity index (χ1) is 6.91. The van der Waals surface area contributed by atoms with Gasteiger partial charge in [-0.15, -0.1) is 0 Å². The molecule has 5 heteroatoms. The summed E-state index contributed by atoms with van der Waals surface area (Å²) in [5, 5.41) is 0.886. The molecule has 0 saturated heterocycles. The van der Waals surface area contributed by atoms with Crippen molar-refractivity contribution in [3.05, 3.63) is 30.0 Å². The monoisotopic (exact) mass is 243 g/mol. The van der Waals surface area contributed by atoms with Crippen LogP contribution in [0.1, 0.15) is 5.69 Å². The molecule has 80 valence electrons. The van der Waals surface area contributed by atoms with Crippen LogP contribution in [0, 0.1) is 6.92 Å². The lowest BCUT2D eigenvalue weighted by Gasteiger charge is -2.03. The second kappa shape index (κ2) is 3.25. The van der Waals surface area contributed by atoms with Crippen molar-refractivity contribution in [2.24, 2.45) is 7.05 Å². The fourth-order valence-electron chi connectivity index (χ4n) is 1.71. The number of fused-ring (bicyclic) bond motifs is 1. The van der Waals surface area contributed by atoms with E-state index >= 15 is 0 Å². The van der Waals surface area contributed by atoms with E-state index in [4.69, 9.17) is 10.7 Å². The SMILES string of the molecule is Cc1cc2cccc(S(=O)(=O)Cl)c2n1C. The highest BCUT2D eigenvalue weighted by Crippen LogP contribution is 2.27. The van der Waals surface area contributed by atoms with Gasteiger partial charge in [0.1, 0.15) is 4.90 Å². The highest BCUT2D eigenvalue weighted by molar-refractivity contribution is 8.14. The molecular formula is C10H10ClNO2S. The molecule has 0 atom stereocenters. The molecule has 0 N–H and O–H groups in total. The van der Waals surface area contributed by atoms with Crippen LogP contribution in [0.25, 0.3) is 10.9 Å². The third-order valence-electron chi connectivity index (χ3n) is 2.52. The lowest BCUT2D eigenvalue weighted by molar-refractivity contribution is 0.610. The molecule has 2 rings (SSSR count). The number of hydrogen-bond acceptors (Lipinski definition) is 2. The molecule has 0 aliphatic rings. The predicted octanol–water partition coefficient (Wildman–Crippen LogP) is 2.41. The van der Waals surface area contributed by atoms with Gasteiger partial charge in [0.05, 0.1) is 5.52 Å². The van der Waals surface area contributed by atoms with Crippen LogP contribution >= 0.6 is 10.7 Å². The van der Waals surface area contributed by atoms with Crippen LogP contribution < -0.4 is 0 Å². The minimum atomic E-state index is -3.69. The molecule has 0 fully saturated rings. The van der Waals surface area contributed by atoms with E-state index in [1.54, 1.807) is 6.07 Å². The van der Waals surface area contributed by atoms with Crippen LogP contribution in [0.5, 0.6) is 0 Å². The van der Waals surface area contributed by atoms with Gasteiger partial charge < -0.3 is 4.57 Å². The molecule has 0 aliphatic heterocycles. The van der Waals surface area contributed by atoms with Crippen molar-refractivity contribution in [2.75, 3.05) is 0 Å². The summed E-state index contributed by atoms with van der Waals surface area (Å²) in [7, 11) is 3.51. The normalized spacial score (nSPS) is 12.2. The van der Waals surface area contributed by atoms with E-state index in [-0.39, 0.29) is 4.90 Å². The Balaban J connectivity index is 2.99. The van der Waals surface area contributed by atoms with Crippen molar-refractivity contribution in [3.63, 3.8) is 0 Å². The van der Waals surface area contributed by atoms with Crippen LogP contribution in [-0.4, -0.2) is 13.0 Å². The van der Waals surface area contributed by atoms with Gasteiger partial charge in [-0.05, 0) is 19.1 Å². The van der Waals surface area contributed by atoms with Gasteiger partial charge in [0, 0.05) is 28.8 Å². The molecule has 0 unspecified atom stereocenters. The first-order valence-electron chi connectivity index (χ1n) is 4.41. The van der Waals surface area contributed by atoms with Gasteiger partial charge in [0.25, 0.3) is 9.05 Å². The number of halogens is 1. The Morgan fingerprint density at radius 2 is 2.00 bits per heavy atom. The largest absolute Gasteiger partial charge is 0.347 e. The van der Waals surface area contributed by atoms with Gasteiger partial charge in [-0.1, -0.05) is 12.1 Å². The Bertz CT molecular complexity index is 628. The zero-order valence-electron chi connectivity index (χ0n) is 8.36. The third kappa shape index (κ3) is 1.64. The molecule has 1 aromatic heterocycles. The smallest absolute Gasteiger partial charge is 0.263 e. The van der Waals surface area contributed by atoms with Gasteiger partial charge in [-0.3, -0.25) is 0 Å². The molecule has 1 aromatic carbocycles. The zero-order chi connectivity index (χ0) is 11.2. The minimum Gasteiger partial charge on any atom is -0.347 e. The number of aryl methyl sites for hydroxylation is 2. The van der Waals surface area contributed by atoms with Crippen molar-refractivity contribution in [1.82, 2.24) is 4.57 Å². The van der Waals surface area contributed by atoms with Crippen molar-refractivity contribution >= 4 is 30.6 Å². The Morgan fingerprint density at radius 1 is 1.33 bits per heavy atom. The van der Waals surface area contributed by atoms with E-state index in [1.807, 2.05) is 30.7 Å². The van der Waals surface area contributed by atoms with E-state index < -0.39 is 9.05 Å². The summed E-state index contributed by atoms with van der Waals surface area (Å²) in [5.41, 5.74) is 1.66. The van der Waals surface area contributed by atoms with Crippen molar-refractivity contribution in [2.45, 2.75) is 11.8 Å². The van der Waals surface area contributed by atoms with E-state index in [2.05, 4.69) is 0 Å². The number of rotatable bonds is 1. The molecule has 0 saturated carbocycles. The molecule has 1 heterocycles. The maximum Gasteiger partial charge on any atom is 0.263 e. The average molecular weight is 244 g/mol. The summed E-state index contributed by atoms with van der Waals surface area (Å²) >= 11 is 0. The predicted molar refractivity (Wildman–Crippen MR) is 60.7 cm³/mol. The Hall–Kier alpha value is -1.00. The highest BCUT2D eigenvalue weighted by Gasteiger charge is 2.16. The fraction of sp³-hybridized carbons (Fsp3) is 0.200. The summed E-state index contributed by atoms with van der Waals surface area (Å²) in [5.74, 6) is 0. The van der Waals surface area contributed by atoms with Gasteiger partial charge in [0.15, 0.2) is 0 Å². The maximum atomic E-state index is 11.4. The van der Waals surface area contributed by atoms with Crippen LogP contribution in [0.15, 0.2) is 29.2 Å². The van der Waals surface area contributed by atoms with E-state index in [0.29, 0.717) is 5.52 Å². The van der Waals surface area contributed by atoms with Crippen LogP contribution in [-0.2, 0) is 16.1 Å². The molecule has 2 aromatic rings. The lowest BCUT2D eigenvalue weighted by atomic mass is 10.2. The number of benzene rings is 1. The van der Waals surface area contributed by atoms with Gasteiger partial charge >= 0.3 is 0 Å². The van der Waals surface area contributed by atoms with Gasteiger partial charge in [-0.25, -0.2) is 8.42 Å². The standard InChI is InChI=1S/C10H10ClNO2S/c1-7-6-8-4-3-5-9(15(11,13)14)10(8)12(7)2/h3-6H,1-2H3. The molecular weight excluding hydrogens is 234 g/mol. The molecule has 0 spiro atoms. The minimum absolute atomic E-state index is 0.164. The van der Waals surface area contributed by atoms with Crippen molar-refractivity contribution < 1.29 is 8.42 Å². The van der Waals surface area contributed by atoms with Crippen molar-refractivity contribution in [3.8, 4) is 0 Å². The van der Waals surface area contributed by atoms with Crippen LogP contribution in [0.2, 0.25) is 0 Å². The van der Waals surface area contributed by atoms with E-state index in [9.17, 15) is 8.42 Å². The van der Waals surface area contributed by atoms with E-state index in [0.717, 1.165) is 11.1 Å². The molecule has 0 amide bonds. The van der Waals surface area contributed by atoms with Gasteiger partial charge in [0.2, 0.25) is 0 Å². The second-order valence-electron chi connectivity index (χ2n) is 3.48. The summed E-state index contributed by atoms with van der Waals surface area (Å²) in [6.45, 7) is 1.92. The maximum absolute atomic E-state index is 11.4. The molecule has 15 heavy (non-hydrogen) atoms. The first-order valence-corrected chi connectivity index (χ1v) is 6.72. The Labute approximate surface area is 92.7 Å². The van der Waals surface area contributed by atoms with Gasteiger partial charge in [-0.2, -0.15) is 0 Å². The number of hydrogen-bond donors (Lipinski definition) is 0. The van der Waals surface area contributed by atoms with Crippen molar-refractivity contribution in [1.29, 1.82) is 0 Å². The van der Waals surface area contributed by atoms with Crippen LogP contribution in [0.4, 0.5) is 0 Å². The Kier molecular flexibility index (Phi) is 2.28. The number of nitrogens with zero attached hydrogens (tertiary/aromatic N) is 1. The quantitative estimate of drug-likeness (QED) is 0.722. The average Bonchev–Trinajstić information content (AvgIpc) is 2.41. The number of para-hydroxylation sites is 1. The lowest BCUT2D eigenvalue weighted by Crippen LogP contribution is -1.97. The summed E-state index contributed by atoms with van der Waals surface area (Å²) < 4.78 is 24.5. The third-order valence-corrected chi connectivity index (χ3v) is 3.88. The Morgan fingerprint density at radius 3 is 2.60 bits per heavy atom. The highest BCUT2D eigenvalue weighted by atomic mass is 35.7. The van der Waals surface area contributed by atoms with Crippen LogP contribution in [0.3, 0.4) is 0 Å². The zero-order valence-corrected chi connectivity index (χ0v) is 9.93. The summed E-state index contributed by atoms with van der Waals surface area (Å²) in [6.07, 6.45) is 0. The topological polar surface area (TPSA) is 39.1 Å². The summed E-state index contributed by atoms with van der Waals surface area (Å²) in [6, 6.07) is 7.01. The second-order valence-corrected chi connectivity index (χ2v) is 6.01. The molecule has 0 bridgehead atoms. The first kappa shape index (κ1) is 10.5. The van der Waals surface area contributed by atoms with E-state index in [1.165, 1.54) is 6.07 Å². The molecule has 0 radical (unpaired) electrons. The number of aromatic nitrogens is 1. The molecule has 0 aliphatic carbocycles. The fourth-order valence-corrected chi connectivity index (χ4v) is 2.81. The molecule has 3 nitrogen and oxygen atoms in total. The summed E-state index contributed by atoms with van der Waals surface area (Å²) in [4.78, 5) is 0.164.